The number of hydrogen-bond acceptors (Lipinski definition) is 5. The zero-order valence-corrected chi connectivity index (χ0v) is 20.5. The summed E-state index contributed by atoms with van der Waals surface area (Å²) in [5, 5.41) is 10.2. The van der Waals surface area contributed by atoms with Gasteiger partial charge in [0.05, 0.1) is 10.8 Å². The number of halogens is 1. The van der Waals surface area contributed by atoms with Crippen molar-refractivity contribution in [2.75, 3.05) is 12.3 Å². The third-order valence-corrected chi connectivity index (χ3v) is 7.25. The third-order valence-electron chi connectivity index (χ3n) is 5.99. The molecule has 0 spiro atoms. The van der Waals surface area contributed by atoms with Gasteiger partial charge in [-0.15, -0.1) is 10.2 Å². The fourth-order valence-corrected chi connectivity index (χ4v) is 5.38. The lowest BCUT2D eigenvalue weighted by Gasteiger charge is -2.22. The fourth-order valence-electron chi connectivity index (χ4n) is 4.25. The lowest BCUT2D eigenvalue weighted by Crippen LogP contribution is -2.35. The third kappa shape index (κ3) is 5.98. The number of carbonyl (C=O) groups excluding carboxylic acids is 2. The van der Waals surface area contributed by atoms with Crippen molar-refractivity contribution < 1.29 is 9.59 Å². The maximum Gasteiger partial charge on any atom is 0.233 e. The van der Waals surface area contributed by atoms with Crippen LogP contribution in [-0.4, -0.2) is 43.8 Å². The minimum Gasteiger partial charge on any atom is -0.370 e. The van der Waals surface area contributed by atoms with Crippen LogP contribution in [0.4, 0.5) is 0 Å². The molecular weight excluding hydrogens is 470 g/mol. The van der Waals surface area contributed by atoms with E-state index in [1.807, 2.05) is 54.6 Å². The van der Waals surface area contributed by atoms with Gasteiger partial charge >= 0.3 is 0 Å². The molecule has 2 N–H and O–H groups in total. The number of rotatable bonds is 10. The van der Waals surface area contributed by atoms with E-state index in [2.05, 4.69) is 14.8 Å². The monoisotopic (exact) mass is 497 g/mol. The highest BCUT2D eigenvalue weighted by Crippen LogP contribution is 2.38. The minimum atomic E-state index is -0.427. The van der Waals surface area contributed by atoms with E-state index in [4.69, 9.17) is 17.3 Å². The van der Waals surface area contributed by atoms with E-state index in [9.17, 15) is 9.59 Å². The summed E-state index contributed by atoms with van der Waals surface area (Å²) in [4.78, 5) is 26.2. The molecular formula is C25H28ClN5O2S. The molecule has 0 bridgehead atoms. The number of hydrogen-bond donors (Lipinski definition) is 1. The highest BCUT2D eigenvalue weighted by Gasteiger charge is 2.26. The fraction of sp³-hybridized carbons (Fsp3) is 0.360. The molecule has 0 radical (unpaired) electrons. The van der Waals surface area contributed by atoms with Crippen LogP contribution in [0.3, 0.4) is 0 Å². The van der Waals surface area contributed by atoms with E-state index in [-0.39, 0.29) is 30.7 Å². The first-order chi connectivity index (χ1) is 16.5. The van der Waals surface area contributed by atoms with Crippen LogP contribution in [0, 0.1) is 0 Å². The molecule has 1 fully saturated rings. The SMILES string of the molecule is NC(=O)CCN(Cc1ccccc1)C(=O)CSc1nnc(-c2ccccc2Cl)n1C1CCCC1. The molecule has 7 nitrogen and oxygen atoms in total. The highest BCUT2D eigenvalue weighted by atomic mass is 35.5. The van der Waals surface area contributed by atoms with Crippen LogP contribution in [0.2, 0.25) is 5.02 Å². The molecule has 0 saturated heterocycles. The van der Waals surface area contributed by atoms with Gasteiger partial charge in [0.25, 0.3) is 0 Å². The molecule has 0 aliphatic heterocycles. The lowest BCUT2D eigenvalue weighted by atomic mass is 10.2. The van der Waals surface area contributed by atoms with Crippen LogP contribution in [-0.2, 0) is 16.1 Å². The van der Waals surface area contributed by atoms with Crippen molar-refractivity contribution in [2.45, 2.75) is 49.8 Å². The number of nitrogens with two attached hydrogens (primary N) is 1. The normalized spacial score (nSPS) is 13.8. The molecule has 2 amide bonds. The van der Waals surface area contributed by atoms with Crippen LogP contribution in [0.15, 0.2) is 59.8 Å². The number of carbonyl (C=O) groups is 2. The molecule has 0 unspecified atom stereocenters. The average molecular weight is 498 g/mol. The summed E-state index contributed by atoms with van der Waals surface area (Å²) in [6.45, 7) is 0.706. The molecule has 3 aromatic rings. The summed E-state index contributed by atoms with van der Waals surface area (Å²) in [6, 6.07) is 17.6. The summed E-state index contributed by atoms with van der Waals surface area (Å²) in [5.74, 6) is 0.431. The number of thioether (sulfide) groups is 1. The summed E-state index contributed by atoms with van der Waals surface area (Å²) in [5.41, 5.74) is 7.19. The van der Waals surface area contributed by atoms with Crippen molar-refractivity contribution in [3.63, 3.8) is 0 Å². The molecule has 0 atom stereocenters. The molecule has 1 heterocycles. The van der Waals surface area contributed by atoms with Gasteiger partial charge in [-0.25, -0.2) is 0 Å². The van der Waals surface area contributed by atoms with E-state index in [0.29, 0.717) is 16.7 Å². The maximum absolute atomic E-state index is 13.2. The number of aromatic nitrogens is 3. The number of amides is 2. The van der Waals surface area contributed by atoms with Gasteiger partial charge in [0, 0.05) is 31.1 Å². The van der Waals surface area contributed by atoms with Gasteiger partial charge < -0.3 is 10.6 Å². The Morgan fingerprint density at radius 2 is 1.76 bits per heavy atom. The maximum atomic E-state index is 13.2. The second-order valence-corrected chi connectivity index (χ2v) is 9.75. The van der Waals surface area contributed by atoms with E-state index < -0.39 is 5.91 Å². The predicted molar refractivity (Wildman–Crippen MR) is 134 cm³/mol. The zero-order valence-electron chi connectivity index (χ0n) is 18.9. The summed E-state index contributed by atoms with van der Waals surface area (Å²) in [7, 11) is 0. The predicted octanol–water partition coefficient (Wildman–Crippen LogP) is 4.71. The molecule has 1 aromatic heterocycles. The largest absolute Gasteiger partial charge is 0.370 e. The summed E-state index contributed by atoms with van der Waals surface area (Å²) in [6.07, 6.45) is 4.54. The number of nitrogens with zero attached hydrogens (tertiary/aromatic N) is 4. The van der Waals surface area contributed by atoms with Crippen LogP contribution < -0.4 is 5.73 Å². The van der Waals surface area contributed by atoms with E-state index in [0.717, 1.165) is 42.6 Å². The van der Waals surface area contributed by atoms with Crippen molar-refractivity contribution in [3.8, 4) is 11.4 Å². The second kappa shape index (κ2) is 11.5. The standard InChI is InChI=1S/C25H28ClN5O2S/c26-21-13-7-6-12-20(21)24-28-29-25(31(24)19-10-4-5-11-19)34-17-23(33)30(15-14-22(27)32)16-18-8-2-1-3-9-18/h1-3,6-9,12-13,19H,4-5,10-11,14-17H2,(H2,27,32). The van der Waals surface area contributed by atoms with Crippen molar-refractivity contribution in [3.05, 3.63) is 65.2 Å². The Balaban J connectivity index is 1.53. The van der Waals surface area contributed by atoms with Crippen LogP contribution in [0.1, 0.15) is 43.7 Å². The topological polar surface area (TPSA) is 94.1 Å². The van der Waals surface area contributed by atoms with Crippen molar-refractivity contribution >= 4 is 35.2 Å². The van der Waals surface area contributed by atoms with Gasteiger partial charge in [-0.05, 0) is 30.5 Å². The summed E-state index contributed by atoms with van der Waals surface area (Å²) >= 11 is 7.84. The number of benzene rings is 2. The molecule has 9 heteroatoms. The van der Waals surface area contributed by atoms with E-state index in [1.165, 1.54) is 11.8 Å². The van der Waals surface area contributed by atoms with Gasteiger partial charge in [0.1, 0.15) is 0 Å². The van der Waals surface area contributed by atoms with Crippen LogP contribution in [0.5, 0.6) is 0 Å². The van der Waals surface area contributed by atoms with Crippen molar-refractivity contribution in [1.82, 2.24) is 19.7 Å². The summed E-state index contributed by atoms with van der Waals surface area (Å²) < 4.78 is 2.15. The average Bonchev–Trinajstić information content (AvgIpc) is 3.51. The lowest BCUT2D eigenvalue weighted by molar-refractivity contribution is -0.129. The Hall–Kier alpha value is -2.84. The quantitative estimate of drug-likeness (QED) is 0.409. The molecule has 4 rings (SSSR count). The molecule has 1 saturated carbocycles. The van der Waals surface area contributed by atoms with Gasteiger partial charge in [-0.3, -0.25) is 14.2 Å². The Morgan fingerprint density at radius 1 is 1.06 bits per heavy atom. The van der Waals surface area contributed by atoms with Gasteiger partial charge in [0.2, 0.25) is 11.8 Å². The highest BCUT2D eigenvalue weighted by molar-refractivity contribution is 7.99. The molecule has 1 aliphatic rings. The number of primary amides is 1. The first kappa shape index (κ1) is 24.3. The molecule has 1 aliphatic carbocycles. The molecule has 178 valence electrons. The zero-order chi connectivity index (χ0) is 23.9. The van der Waals surface area contributed by atoms with Gasteiger partial charge in [-0.1, -0.05) is 78.7 Å². The Morgan fingerprint density at radius 3 is 2.47 bits per heavy atom. The minimum absolute atomic E-state index is 0.0737. The Bertz CT molecular complexity index is 1130. The van der Waals surface area contributed by atoms with Crippen LogP contribution >= 0.6 is 23.4 Å². The van der Waals surface area contributed by atoms with E-state index >= 15 is 0 Å². The van der Waals surface area contributed by atoms with Gasteiger partial charge in [-0.2, -0.15) is 0 Å². The Labute approximate surface area is 208 Å². The van der Waals surface area contributed by atoms with E-state index in [1.54, 1.807) is 4.90 Å². The molecule has 34 heavy (non-hydrogen) atoms. The smallest absolute Gasteiger partial charge is 0.233 e. The van der Waals surface area contributed by atoms with Crippen LogP contribution in [0.25, 0.3) is 11.4 Å². The molecule has 2 aromatic carbocycles. The Kier molecular flexibility index (Phi) is 8.24. The van der Waals surface area contributed by atoms with Crippen molar-refractivity contribution in [2.24, 2.45) is 5.73 Å². The van der Waals surface area contributed by atoms with Crippen molar-refractivity contribution in [1.29, 1.82) is 0 Å². The second-order valence-electron chi connectivity index (χ2n) is 8.40. The first-order valence-corrected chi connectivity index (χ1v) is 12.8. The van der Waals surface area contributed by atoms with Gasteiger partial charge in [0.15, 0.2) is 11.0 Å². The first-order valence-electron chi connectivity index (χ1n) is 11.5.